The van der Waals surface area contributed by atoms with Gasteiger partial charge in [0.15, 0.2) is 0 Å². The van der Waals surface area contributed by atoms with E-state index in [0.29, 0.717) is 19.8 Å². The van der Waals surface area contributed by atoms with Crippen LogP contribution in [0.2, 0.25) is 0 Å². The third kappa shape index (κ3) is 2.32. The van der Waals surface area contributed by atoms with Crippen molar-refractivity contribution in [1.29, 1.82) is 0 Å². The van der Waals surface area contributed by atoms with Crippen molar-refractivity contribution in [1.82, 2.24) is 0 Å². The van der Waals surface area contributed by atoms with Gasteiger partial charge in [-0.3, -0.25) is 0 Å². The first kappa shape index (κ1) is 9.22. The van der Waals surface area contributed by atoms with Crippen molar-refractivity contribution in [3.63, 3.8) is 0 Å². The fraction of sp³-hybridized carbons (Fsp3) is 0.625. The van der Waals surface area contributed by atoms with E-state index in [2.05, 4.69) is 6.58 Å². The molecule has 12 heavy (non-hydrogen) atoms. The highest BCUT2D eigenvalue weighted by atomic mass is 16.7. The molecule has 0 aromatic rings. The van der Waals surface area contributed by atoms with Crippen LogP contribution in [0.15, 0.2) is 12.2 Å². The Labute approximate surface area is 71.1 Å². The molecule has 1 rings (SSSR count). The van der Waals surface area contributed by atoms with Crippen LogP contribution in [-0.4, -0.2) is 32.1 Å². The summed E-state index contributed by atoms with van der Waals surface area (Å²) in [5, 5.41) is 0. The predicted octanol–water partition coefficient (Wildman–Crippen LogP) is 0.479. The van der Waals surface area contributed by atoms with Gasteiger partial charge in [0.25, 0.3) is 6.29 Å². The van der Waals surface area contributed by atoms with E-state index in [1.165, 1.54) is 0 Å². The second-order valence-corrected chi connectivity index (χ2v) is 2.46. The van der Waals surface area contributed by atoms with E-state index in [4.69, 9.17) is 14.2 Å². The summed E-state index contributed by atoms with van der Waals surface area (Å²) in [4.78, 5) is 11.0. The van der Waals surface area contributed by atoms with Crippen LogP contribution in [0, 0.1) is 0 Å². The van der Waals surface area contributed by atoms with Crippen molar-refractivity contribution in [2.45, 2.75) is 13.2 Å². The summed E-state index contributed by atoms with van der Waals surface area (Å²) in [5.41, 5.74) is 0.829. The molecule has 1 aliphatic heterocycles. The first-order valence-electron chi connectivity index (χ1n) is 3.80. The van der Waals surface area contributed by atoms with Gasteiger partial charge < -0.3 is 14.2 Å². The Bertz CT molecular complexity index is 177. The van der Waals surface area contributed by atoms with Gasteiger partial charge in [-0.15, -0.1) is 0 Å². The van der Waals surface area contributed by atoms with Gasteiger partial charge in [0.1, 0.15) is 0 Å². The molecule has 0 bridgehead atoms. The van der Waals surface area contributed by atoms with Crippen molar-refractivity contribution >= 4 is 5.97 Å². The van der Waals surface area contributed by atoms with Crippen LogP contribution in [0.1, 0.15) is 6.92 Å². The SMILES string of the molecule is C=C1COC(C(=O)OCC)OC1. The van der Waals surface area contributed by atoms with Crippen LogP contribution in [0.3, 0.4) is 0 Å². The molecule has 68 valence electrons. The second kappa shape index (κ2) is 4.23. The zero-order chi connectivity index (χ0) is 8.97. The summed E-state index contributed by atoms with van der Waals surface area (Å²) in [7, 11) is 0. The second-order valence-electron chi connectivity index (χ2n) is 2.46. The van der Waals surface area contributed by atoms with Gasteiger partial charge in [-0.2, -0.15) is 0 Å². The van der Waals surface area contributed by atoms with Crippen LogP contribution in [0.4, 0.5) is 0 Å². The van der Waals surface area contributed by atoms with Gasteiger partial charge in [0.05, 0.1) is 19.8 Å². The van der Waals surface area contributed by atoms with E-state index in [1.807, 2.05) is 0 Å². The Morgan fingerprint density at radius 3 is 2.75 bits per heavy atom. The van der Waals surface area contributed by atoms with Crippen molar-refractivity contribution < 1.29 is 19.0 Å². The van der Waals surface area contributed by atoms with Gasteiger partial charge in [-0.05, 0) is 12.5 Å². The molecule has 4 nitrogen and oxygen atoms in total. The van der Waals surface area contributed by atoms with Gasteiger partial charge >= 0.3 is 5.97 Å². The van der Waals surface area contributed by atoms with Crippen molar-refractivity contribution in [2.75, 3.05) is 19.8 Å². The lowest BCUT2D eigenvalue weighted by Crippen LogP contribution is -2.34. The number of hydrogen-bond acceptors (Lipinski definition) is 4. The molecule has 1 fully saturated rings. The zero-order valence-electron chi connectivity index (χ0n) is 7.04. The van der Waals surface area contributed by atoms with E-state index in [-0.39, 0.29) is 0 Å². The number of esters is 1. The molecular weight excluding hydrogens is 160 g/mol. The Kier molecular flexibility index (Phi) is 3.25. The number of carbonyl (C=O) groups excluding carboxylic acids is 1. The lowest BCUT2D eigenvalue weighted by Gasteiger charge is -2.22. The standard InChI is InChI=1S/C8H12O4/c1-3-10-7(9)8-11-4-6(2)5-12-8/h8H,2-5H2,1H3. The molecule has 1 heterocycles. The maximum Gasteiger partial charge on any atom is 0.363 e. The molecule has 0 aromatic carbocycles. The minimum atomic E-state index is -0.865. The molecule has 0 amide bonds. The molecule has 0 aliphatic carbocycles. The van der Waals surface area contributed by atoms with E-state index >= 15 is 0 Å². The third-order valence-electron chi connectivity index (χ3n) is 1.36. The summed E-state index contributed by atoms with van der Waals surface area (Å²) in [6.07, 6.45) is -0.865. The Morgan fingerprint density at radius 1 is 1.67 bits per heavy atom. The molecule has 1 aliphatic rings. The maximum absolute atomic E-state index is 11.0. The monoisotopic (exact) mass is 172 g/mol. The summed E-state index contributed by atoms with van der Waals surface area (Å²) < 4.78 is 14.7. The van der Waals surface area contributed by atoms with Gasteiger partial charge in [0.2, 0.25) is 0 Å². The summed E-state index contributed by atoms with van der Waals surface area (Å²) >= 11 is 0. The van der Waals surface area contributed by atoms with Gasteiger partial charge in [0, 0.05) is 0 Å². The normalized spacial score (nSPS) is 19.2. The number of hydrogen-bond donors (Lipinski definition) is 0. The summed E-state index contributed by atoms with van der Waals surface area (Å²) in [6.45, 7) is 6.45. The molecule has 0 spiro atoms. The summed E-state index contributed by atoms with van der Waals surface area (Å²) in [6, 6.07) is 0. The molecule has 0 saturated carbocycles. The quantitative estimate of drug-likeness (QED) is 0.449. The molecular formula is C8H12O4. The minimum Gasteiger partial charge on any atom is -0.462 e. The Hall–Kier alpha value is -0.870. The van der Waals surface area contributed by atoms with Gasteiger partial charge in [-0.25, -0.2) is 4.79 Å². The molecule has 0 atom stereocenters. The minimum absolute atomic E-state index is 0.336. The van der Waals surface area contributed by atoms with Crippen molar-refractivity contribution in [2.24, 2.45) is 0 Å². The molecule has 1 saturated heterocycles. The lowest BCUT2D eigenvalue weighted by atomic mass is 10.3. The number of ether oxygens (including phenoxy) is 3. The highest BCUT2D eigenvalue weighted by Gasteiger charge is 2.25. The Balaban J connectivity index is 2.33. The summed E-state index contributed by atoms with van der Waals surface area (Å²) in [5.74, 6) is -0.468. The third-order valence-corrected chi connectivity index (χ3v) is 1.36. The van der Waals surface area contributed by atoms with Crippen LogP contribution in [-0.2, 0) is 19.0 Å². The average Bonchev–Trinajstić information content (AvgIpc) is 2.06. The highest BCUT2D eigenvalue weighted by molar-refractivity contribution is 5.73. The zero-order valence-corrected chi connectivity index (χ0v) is 7.04. The molecule has 0 N–H and O–H groups in total. The van der Waals surface area contributed by atoms with Crippen LogP contribution in [0.5, 0.6) is 0 Å². The fourth-order valence-electron chi connectivity index (χ4n) is 0.823. The van der Waals surface area contributed by atoms with Crippen molar-refractivity contribution in [3.05, 3.63) is 12.2 Å². The van der Waals surface area contributed by atoms with E-state index < -0.39 is 12.3 Å². The number of rotatable bonds is 2. The van der Waals surface area contributed by atoms with E-state index in [9.17, 15) is 4.79 Å². The van der Waals surface area contributed by atoms with E-state index in [1.54, 1.807) is 6.92 Å². The topological polar surface area (TPSA) is 44.8 Å². The van der Waals surface area contributed by atoms with Crippen molar-refractivity contribution in [3.8, 4) is 0 Å². The first-order chi connectivity index (χ1) is 5.74. The first-order valence-corrected chi connectivity index (χ1v) is 3.80. The van der Waals surface area contributed by atoms with Crippen LogP contribution < -0.4 is 0 Å². The predicted molar refractivity (Wildman–Crippen MR) is 41.5 cm³/mol. The maximum atomic E-state index is 11.0. The Morgan fingerprint density at radius 2 is 2.25 bits per heavy atom. The number of carbonyl (C=O) groups is 1. The average molecular weight is 172 g/mol. The smallest absolute Gasteiger partial charge is 0.363 e. The van der Waals surface area contributed by atoms with Crippen LogP contribution >= 0.6 is 0 Å². The largest absolute Gasteiger partial charge is 0.462 e. The van der Waals surface area contributed by atoms with Crippen LogP contribution in [0.25, 0.3) is 0 Å². The molecule has 0 radical (unpaired) electrons. The van der Waals surface area contributed by atoms with Gasteiger partial charge in [-0.1, -0.05) is 6.58 Å². The molecule has 0 unspecified atom stereocenters. The lowest BCUT2D eigenvalue weighted by molar-refractivity contribution is -0.200. The molecule has 0 aromatic heterocycles. The fourth-order valence-corrected chi connectivity index (χ4v) is 0.823. The molecule has 4 heteroatoms. The highest BCUT2D eigenvalue weighted by Crippen LogP contribution is 2.09. The van der Waals surface area contributed by atoms with E-state index in [0.717, 1.165) is 5.57 Å².